The van der Waals surface area contributed by atoms with Gasteiger partial charge in [-0.25, -0.2) is 0 Å². The molecule has 1 aliphatic heterocycles. The predicted molar refractivity (Wildman–Crippen MR) is 112 cm³/mol. The van der Waals surface area contributed by atoms with Crippen molar-refractivity contribution in [3.8, 4) is 11.8 Å². The predicted octanol–water partition coefficient (Wildman–Crippen LogP) is 6.90. The van der Waals surface area contributed by atoms with E-state index in [0.29, 0.717) is 11.1 Å². The first kappa shape index (κ1) is 21.7. The van der Waals surface area contributed by atoms with Crippen LogP contribution >= 0.6 is 20.2 Å². The Morgan fingerprint density at radius 1 is 0.645 bits per heavy atom. The molecular formula is C23H13F6IO. The fourth-order valence-corrected chi connectivity index (χ4v) is 8.67. The van der Waals surface area contributed by atoms with Crippen molar-refractivity contribution in [3.05, 3.63) is 103 Å². The van der Waals surface area contributed by atoms with Crippen LogP contribution in [0.25, 0.3) is 0 Å². The topological polar surface area (TPSA) is 9.23 Å². The first-order valence-electron chi connectivity index (χ1n) is 8.94. The summed E-state index contributed by atoms with van der Waals surface area (Å²) in [5, 5.41) is 0. The van der Waals surface area contributed by atoms with E-state index in [1.165, 1.54) is 18.2 Å². The van der Waals surface area contributed by atoms with E-state index in [0.717, 1.165) is 12.1 Å². The van der Waals surface area contributed by atoms with Gasteiger partial charge in [-0.15, -0.1) is 0 Å². The van der Waals surface area contributed by atoms with E-state index in [4.69, 9.17) is 3.07 Å². The number of hydrogen-bond donors (Lipinski definition) is 0. The number of alkyl halides is 6. The van der Waals surface area contributed by atoms with Gasteiger partial charge in [0.05, 0.1) is 0 Å². The average molecular weight is 546 g/mol. The molecule has 0 spiro atoms. The molecule has 31 heavy (non-hydrogen) atoms. The third-order valence-electron chi connectivity index (χ3n) is 4.60. The number of rotatable bonds is 1. The van der Waals surface area contributed by atoms with Crippen molar-refractivity contribution < 1.29 is 29.4 Å². The monoisotopic (exact) mass is 546 g/mol. The molecule has 0 saturated carbocycles. The summed E-state index contributed by atoms with van der Waals surface area (Å²) in [5.41, 5.74) is -4.20. The first-order chi connectivity index (χ1) is 14.6. The van der Waals surface area contributed by atoms with E-state index in [1.54, 1.807) is 42.5 Å². The minimum absolute atomic E-state index is 0.0321. The minimum atomic E-state index is -5.67. The Bertz CT molecular complexity index is 1140. The van der Waals surface area contributed by atoms with E-state index in [9.17, 15) is 26.3 Å². The molecule has 0 radical (unpaired) electrons. The molecule has 0 saturated heterocycles. The maximum absolute atomic E-state index is 13.9. The van der Waals surface area contributed by atoms with Gasteiger partial charge in [-0.05, 0) is 0 Å². The summed E-state index contributed by atoms with van der Waals surface area (Å²) in [6.45, 7) is 0. The van der Waals surface area contributed by atoms with Crippen LogP contribution in [0.4, 0.5) is 26.3 Å². The molecule has 0 aliphatic carbocycles. The van der Waals surface area contributed by atoms with Crippen LogP contribution in [0.2, 0.25) is 0 Å². The Labute approximate surface area is 182 Å². The van der Waals surface area contributed by atoms with Crippen molar-refractivity contribution in [2.24, 2.45) is 0 Å². The summed E-state index contributed by atoms with van der Waals surface area (Å²) >= 11 is -3.60. The first-order valence-corrected chi connectivity index (χ1v) is 12.0. The zero-order valence-corrected chi connectivity index (χ0v) is 17.7. The van der Waals surface area contributed by atoms with Crippen LogP contribution in [0, 0.1) is 19.0 Å². The van der Waals surface area contributed by atoms with Gasteiger partial charge in [-0.3, -0.25) is 0 Å². The van der Waals surface area contributed by atoms with Crippen molar-refractivity contribution in [2.75, 3.05) is 0 Å². The normalized spacial score (nSPS) is 16.4. The standard InChI is InChI=1S/C23H13F6IO/c24-22(25,26)21(23(27,28)29)18-11-5-7-13-20(18)30(31-21)19-12-6-4-10-17(19)15-14-16-8-2-1-3-9-16/h1-13H. The van der Waals surface area contributed by atoms with Crippen molar-refractivity contribution in [1.29, 1.82) is 0 Å². The summed E-state index contributed by atoms with van der Waals surface area (Å²) < 4.78 is 88.7. The molecule has 0 bridgehead atoms. The van der Waals surface area contributed by atoms with Gasteiger partial charge < -0.3 is 0 Å². The number of fused-ring (bicyclic) bond motifs is 1. The quantitative estimate of drug-likeness (QED) is 0.184. The molecule has 1 aliphatic rings. The van der Waals surface area contributed by atoms with Crippen LogP contribution in [0.3, 0.4) is 0 Å². The van der Waals surface area contributed by atoms with Crippen molar-refractivity contribution >= 4 is 20.2 Å². The second kappa shape index (κ2) is 7.88. The molecule has 4 rings (SSSR count). The Morgan fingerprint density at radius 3 is 1.84 bits per heavy atom. The van der Waals surface area contributed by atoms with Gasteiger partial charge in [0.1, 0.15) is 0 Å². The van der Waals surface area contributed by atoms with Gasteiger partial charge in [0.25, 0.3) is 0 Å². The van der Waals surface area contributed by atoms with Gasteiger partial charge in [0.15, 0.2) is 0 Å². The second-order valence-electron chi connectivity index (χ2n) is 6.58. The second-order valence-corrected chi connectivity index (χ2v) is 10.8. The fraction of sp³-hybridized carbons (Fsp3) is 0.130. The van der Waals surface area contributed by atoms with Gasteiger partial charge in [-0.1, -0.05) is 0 Å². The summed E-state index contributed by atoms with van der Waals surface area (Å²) in [7, 11) is 0. The van der Waals surface area contributed by atoms with Crippen molar-refractivity contribution in [1.82, 2.24) is 0 Å². The summed E-state index contributed by atoms with van der Waals surface area (Å²) in [6, 6.07) is 19.9. The molecule has 3 aromatic rings. The number of benzene rings is 3. The zero-order chi connectivity index (χ0) is 22.3. The van der Waals surface area contributed by atoms with E-state index in [-0.39, 0.29) is 7.14 Å². The molecule has 1 heterocycles. The van der Waals surface area contributed by atoms with Crippen LogP contribution < -0.4 is 0 Å². The Hall–Kier alpha value is -2.51. The third kappa shape index (κ3) is 3.70. The average Bonchev–Trinajstić information content (AvgIpc) is 3.10. The summed E-state index contributed by atoms with van der Waals surface area (Å²) in [5.74, 6) is 5.79. The molecule has 160 valence electrons. The summed E-state index contributed by atoms with van der Waals surface area (Å²) in [6.07, 6.45) is -11.3. The SMILES string of the molecule is FC(F)(F)C1(C(F)(F)F)OI(c2ccccc2C#Cc2ccccc2)c2ccccc21. The molecule has 3 aromatic carbocycles. The Balaban J connectivity index is 1.88. The fourth-order valence-electron chi connectivity index (χ4n) is 3.17. The van der Waals surface area contributed by atoms with Gasteiger partial charge in [0, 0.05) is 0 Å². The number of halogens is 7. The van der Waals surface area contributed by atoms with E-state index in [1.807, 2.05) is 6.07 Å². The van der Waals surface area contributed by atoms with Gasteiger partial charge in [-0.2, -0.15) is 0 Å². The van der Waals surface area contributed by atoms with Crippen LogP contribution in [0.1, 0.15) is 16.7 Å². The molecular weight excluding hydrogens is 533 g/mol. The van der Waals surface area contributed by atoms with Crippen LogP contribution in [-0.2, 0) is 8.67 Å². The van der Waals surface area contributed by atoms with Gasteiger partial charge in [0.2, 0.25) is 0 Å². The van der Waals surface area contributed by atoms with Gasteiger partial charge >= 0.3 is 182 Å². The third-order valence-corrected chi connectivity index (χ3v) is 9.70. The molecule has 8 heteroatoms. The van der Waals surface area contributed by atoms with Crippen LogP contribution in [0.15, 0.2) is 78.9 Å². The molecule has 0 amide bonds. The Morgan fingerprint density at radius 2 is 1.19 bits per heavy atom. The zero-order valence-electron chi connectivity index (χ0n) is 15.6. The van der Waals surface area contributed by atoms with E-state index in [2.05, 4.69) is 11.8 Å². The summed E-state index contributed by atoms with van der Waals surface area (Å²) in [4.78, 5) is 0. The molecule has 0 fully saturated rings. The molecule has 0 atom stereocenters. The van der Waals surface area contributed by atoms with E-state index < -0.39 is 43.8 Å². The van der Waals surface area contributed by atoms with Crippen LogP contribution in [0.5, 0.6) is 0 Å². The number of hydrogen-bond acceptors (Lipinski definition) is 1. The van der Waals surface area contributed by atoms with Crippen molar-refractivity contribution in [2.45, 2.75) is 18.0 Å². The van der Waals surface area contributed by atoms with Crippen LogP contribution in [-0.4, -0.2) is 12.4 Å². The van der Waals surface area contributed by atoms with E-state index >= 15 is 0 Å². The maximum atomic E-state index is 13.9. The molecule has 1 nitrogen and oxygen atoms in total. The molecule has 0 unspecified atom stereocenters. The van der Waals surface area contributed by atoms with Crippen molar-refractivity contribution in [3.63, 3.8) is 0 Å². The molecule has 0 N–H and O–H groups in total. The molecule has 0 aromatic heterocycles. The Kier molecular flexibility index (Phi) is 5.52.